The van der Waals surface area contributed by atoms with Crippen LogP contribution in [0.2, 0.25) is 0 Å². The van der Waals surface area contributed by atoms with Crippen LogP contribution in [0.5, 0.6) is 0 Å². The number of piperidine rings is 1. The van der Waals surface area contributed by atoms with Gasteiger partial charge in [0.05, 0.1) is 16.7 Å². The molecule has 2 saturated carbocycles. The van der Waals surface area contributed by atoms with Crippen molar-refractivity contribution in [2.24, 2.45) is 11.8 Å². The van der Waals surface area contributed by atoms with E-state index < -0.39 is 0 Å². The van der Waals surface area contributed by atoms with Crippen LogP contribution in [0.25, 0.3) is 10.9 Å². The van der Waals surface area contributed by atoms with E-state index in [4.69, 9.17) is 4.98 Å². The summed E-state index contributed by atoms with van der Waals surface area (Å²) >= 11 is 1.44. The van der Waals surface area contributed by atoms with Gasteiger partial charge in [-0.3, -0.25) is 14.2 Å². The highest BCUT2D eigenvalue weighted by Gasteiger charge is 2.33. The van der Waals surface area contributed by atoms with Crippen molar-refractivity contribution in [2.45, 2.75) is 56.1 Å². The van der Waals surface area contributed by atoms with Crippen molar-refractivity contribution in [3.63, 3.8) is 0 Å². The number of para-hydroxylation sites is 1. The monoisotopic (exact) mass is 397 g/mol. The third-order valence-corrected chi connectivity index (χ3v) is 7.59. The third kappa shape index (κ3) is 3.47. The summed E-state index contributed by atoms with van der Waals surface area (Å²) < 4.78 is 1.83. The Labute approximate surface area is 169 Å². The van der Waals surface area contributed by atoms with E-state index in [-0.39, 0.29) is 17.5 Å². The minimum absolute atomic E-state index is 0.0334. The highest BCUT2D eigenvalue weighted by molar-refractivity contribution is 7.99. The molecule has 148 valence electrons. The average Bonchev–Trinajstić information content (AvgIpc) is 3.56. The van der Waals surface area contributed by atoms with Gasteiger partial charge < -0.3 is 4.90 Å². The first kappa shape index (κ1) is 18.2. The Bertz CT molecular complexity index is 952. The van der Waals surface area contributed by atoms with Crippen molar-refractivity contribution in [1.82, 2.24) is 14.5 Å². The Morgan fingerprint density at radius 2 is 1.86 bits per heavy atom. The number of rotatable bonds is 4. The number of thioether (sulfide) groups is 1. The summed E-state index contributed by atoms with van der Waals surface area (Å²) in [5, 5.41) is 1.37. The van der Waals surface area contributed by atoms with Crippen molar-refractivity contribution in [1.29, 1.82) is 0 Å². The lowest BCUT2D eigenvalue weighted by Gasteiger charge is -2.41. The molecule has 1 saturated heterocycles. The van der Waals surface area contributed by atoms with Gasteiger partial charge in [-0.15, -0.1) is 0 Å². The van der Waals surface area contributed by atoms with Crippen LogP contribution in [-0.4, -0.2) is 39.2 Å². The molecule has 1 aromatic heterocycles. The molecule has 3 fully saturated rings. The second-order valence-electron chi connectivity index (χ2n) is 8.54. The van der Waals surface area contributed by atoms with E-state index in [1.165, 1.54) is 37.4 Å². The van der Waals surface area contributed by atoms with Crippen LogP contribution in [0.4, 0.5) is 0 Å². The number of amides is 1. The Kier molecular flexibility index (Phi) is 4.91. The van der Waals surface area contributed by atoms with Crippen LogP contribution in [-0.2, 0) is 4.79 Å². The van der Waals surface area contributed by atoms with E-state index in [1.54, 1.807) is 0 Å². The average molecular weight is 398 g/mol. The van der Waals surface area contributed by atoms with Gasteiger partial charge in [0, 0.05) is 19.1 Å². The molecule has 0 bridgehead atoms. The van der Waals surface area contributed by atoms with Crippen molar-refractivity contribution in [3.05, 3.63) is 34.6 Å². The normalized spacial score (nSPS) is 24.9. The summed E-state index contributed by atoms with van der Waals surface area (Å²) in [5.74, 6) is 2.08. The largest absolute Gasteiger partial charge is 0.342 e. The quantitative estimate of drug-likeness (QED) is 0.581. The van der Waals surface area contributed by atoms with Crippen LogP contribution in [0.3, 0.4) is 0 Å². The number of likely N-dealkylation sites (tertiary alicyclic amines) is 1. The van der Waals surface area contributed by atoms with Crippen LogP contribution in [0.1, 0.15) is 51.0 Å². The molecule has 2 aromatic rings. The summed E-state index contributed by atoms with van der Waals surface area (Å²) in [6.45, 7) is 1.81. The number of aromatic nitrogens is 2. The smallest absolute Gasteiger partial charge is 0.262 e. The van der Waals surface area contributed by atoms with E-state index in [0.717, 1.165) is 43.8 Å². The van der Waals surface area contributed by atoms with Crippen LogP contribution in [0, 0.1) is 11.8 Å². The summed E-state index contributed by atoms with van der Waals surface area (Å²) in [6.07, 6.45) is 8.49. The maximum atomic E-state index is 12.9. The molecule has 0 unspecified atom stereocenters. The number of hydrogen-bond acceptors (Lipinski definition) is 4. The second-order valence-corrected chi connectivity index (χ2v) is 9.48. The number of hydrogen-bond donors (Lipinski definition) is 0. The van der Waals surface area contributed by atoms with Gasteiger partial charge in [-0.25, -0.2) is 4.98 Å². The van der Waals surface area contributed by atoms with Gasteiger partial charge in [0.15, 0.2) is 5.16 Å². The van der Waals surface area contributed by atoms with E-state index >= 15 is 0 Å². The van der Waals surface area contributed by atoms with Crippen LogP contribution in [0.15, 0.2) is 34.2 Å². The number of carbonyl (C=O) groups excluding carboxylic acids is 1. The number of fused-ring (bicyclic) bond motifs is 2. The van der Waals surface area contributed by atoms with Gasteiger partial charge >= 0.3 is 0 Å². The summed E-state index contributed by atoms with van der Waals surface area (Å²) in [5.41, 5.74) is 0.758. The Morgan fingerprint density at radius 1 is 1.07 bits per heavy atom. The molecule has 1 aromatic carbocycles. The van der Waals surface area contributed by atoms with Crippen molar-refractivity contribution in [3.8, 4) is 0 Å². The molecular weight excluding hydrogens is 370 g/mol. The highest BCUT2D eigenvalue weighted by atomic mass is 32.2. The number of benzene rings is 1. The molecule has 0 spiro atoms. The fraction of sp³-hybridized carbons (Fsp3) is 0.591. The molecule has 1 amide bonds. The third-order valence-electron chi connectivity index (χ3n) is 6.66. The molecule has 6 heteroatoms. The minimum atomic E-state index is 0.0334. The summed E-state index contributed by atoms with van der Waals surface area (Å²) in [7, 11) is 0. The van der Waals surface area contributed by atoms with Gasteiger partial charge in [-0.2, -0.15) is 0 Å². The van der Waals surface area contributed by atoms with E-state index in [2.05, 4.69) is 4.90 Å². The van der Waals surface area contributed by atoms with E-state index in [9.17, 15) is 9.59 Å². The molecule has 0 radical (unpaired) electrons. The van der Waals surface area contributed by atoms with Gasteiger partial charge in [0.2, 0.25) is 5.91 Å². The Morgan fingerprint density at radius 3 is 2.68 bits per heavy atom. The van der Waals surface area contributed by atoms with Gasteiger partial charge in [-0.1, -0.05) is 43.2 Å². The lowest BCUT2D eigenvalue weighted by molar-refractivity contribution is -0.131. The Hall–Kier alpha value is -1.82. The second kappa shape index (κ2) is 7.54. The topological polar surface area (TPSA) is 55.2 Å². The molecule has 2 heterocycles. The fourth-order valence-electron chi connectivity index (χ4n) is 4.93. The zero-order chi connectivity index (χ0) is 19.1. The number of nitrogens with zero attached hydrogens (tertiary/aromatic N) is 3. The lowest BCUT2D eigenvalue weighted by Crippen LogP contribution is -2.45. The van der Waals surface area contributed by atoms with Gasteiger partial charge in [-0.05, 0) is 49.7 Å². The van der Waals surface area contributed by atoms with Gasteiger partial charge in [0.25, 0.3) is 5.56 Å². The minimum Gasteiger partial charge on any atom is -0.342 e. The molecule has 2 atom stereocenters. The van der Waals surface area contributed by atoms with Crippen LogP contribution >= 0.6 is 11.8 Å². The van der Waals surface area contributed by atoms with Crippen LogP contribution < -0.4 is 5.56 Å². The molecule has 28 heavy (non-hydrogen) atoms. The maximum absolute atomic E-state index is 12.9. The first-order valence-corrected chi connectivity index (χ1v) is 11.6. The SMILES string of the molecule is O=C(CSc1nc2ccccc2c(=O)n1C1CC1)N1CC[C@@H]2CCCC[C@H]2C1. The van der Waals surface area contributed by atoms with Crippen molar-refractivity contribution in [2.75, 3.05) is 18.8 Å². The van der Waals surface area contributed by atoms with Gasteiger partial charge in [0.1, 0.15) is 0 Å². The predicted octanol–water partition coefficient (Wildman–Crippen LogP) is 3.86. The maximum Gasteiger partial charge on any atom is 0.262 e. The standard InChI is InChI=1S/C22H27N3O2S/c26-20(24-12-11-15-5-1-2-6-16(15)13-24)14-28-22-23-19-8-4-3-7-18(19)21(27)25(22)17-9-10-17/h3-4,7-8,15-17H,1-2,5-6,9-14H2/t15-,16-/m0/s1. The highest BCUT2D eigenvalue weighted by Crippen LogP contribution is 2.38. The molecule has 0 N–H and O–H groups in total. The van der Waals surface area contributed by atoms with Crippen molar-refractivity contribution < 1.29 is 4.79 Å². The molecule has 5 nitrogen and oxygen atoms in total. The van der Waals surface area contributed by atoms with E-state index in [1.807, 2.05) is 28.8 Å². The zero-order valence-electron chi connectivity index (χ0n) is 16.2. The first-order valence-electron chi connectivity index (χ1n) is 10.6. The molecule has 2 aliphatic carbocycles. The lowest BCUT2D eigenvalue weighted by atomic mass is 9.75. The Balaban J connectivity index is 1.32. The summed E-state index contributed by atoms with van der Waals surface area (Å²) in [4.78, 5) is 32.6. The molecular formula is C22H27N3O2S. The molecule has 5 rings (SSSR count). The first-order chi connectivity index (χ1) is 13.7. The predicted molar refractivity (Wildman–Crippen MR) is 112 cm³/mol. The molecule has 3 aliphatic rings. The fourth-order valence-corrected chi connectivity index (χ4v) is 5.90. The zero-order valence-corrected chi connectivity index (χ0v) is 17.0. The van der Waals surface area contributed by atoms with Crippen molar-refractivity contribution >= 4 is 28.6 Å². The summed E-state index contributed by atoms with van der Waals surface area (Å²) in [6, 6.07) is 7.77. The van der Waals surface area contributed by atoms with E-state index in [0.29, 0.717) is 22.2 Å². The molecule has 1 aliphatic heterocycles. The number of carbonyl (C=O) groups is 1.